The SMILES string of the molecule is CCOC(=O)c1nn(-c2ccccc2)c(=O)cc1NC(=O)CCCC(=O)O. The highest BCUT2D eigenvalue weighted by Gasteiger charge is 2.20. The molecule has 2 aromatic rings. The molecule has 0 saturated heterocycles. The lowest BCUT2D eigenvalue weighted by atomic mass is 10.2. The zero-order valence-corrected chi connectivity index (χ0v) is 14.7. The summed E-state index contributed by atoms with van der Waals surface area (Å²) in [7, 11) is 0. The molecule has 0 aliphatic heterocycles. The number of nitrogens with one attached hydrogen (secondary N) is 1. The summed E-state index contributed by atoms with van der Waals surface area (Å²) in [5, 5.41) is 15.1. The van der Waals surface area contributed by atoms with E-state index >= 15 is 0 Å². The lowest BCUT2D eigenvalue weighted by Crippen LogP contribution is -2.27. The van der Waals surface area contributed by atoms with Gasteiger partial charge in [0.25, 0.3) is 5.56 Å². The van der Waals surface area contributed by atoms with Crippen molar-refractivity contribution in [2.24, 2.45) is 0 Å². The Morgan fingerprint density at radius 2 is 1.89 bits per heavy atom. The molecule has 9 nitrogen and oxygen atoms in total. The highest BCUT2D eigenvalue weighted by Crippen LogP contribution is 2.14. The van der Waals surface area contributed by atoms with Crippen LogP contribution in [0.2, 0.25) is 0 Å². The predicted octanol–water partition coefficient (Wildman–Crippen LogP) is 1.60. The number of aromatic nitrogens is 2. The summed E-state index contributed by atoms with van der Waals surface area (Å²) in [6.45, 7) is 1.71. The zero-order valence-electron chi connectivity index (χ0n) is 14.7. The molecule has 0 saturated carbocycles. The van der Waals surface area contributed by atoms with Gasteiger partial charge in [-0.1, -0.05) is 18.2 Å². The Balaban J connectivity index is 2.34. The molecule has 9 heteroatoms. The molecule has 0 atom stereocenters. The number of amides is 1. The molecule has 0 aliphatic carbocycles. The van der Waals surface area contributed by atoms with Crippen molar-refractivity contribution in [3.63, 3.8) is 0 Å². The smallest absolute Gasteiger partial charge is 0.360 e. The fourth-order valence-corrected chi connectivity index (χ4v) is 2.27. The minimum atomic E-state index is -1.01. The van der Waals surface area contributed by atoms with Gasteiger partial charge in [-0.2, -0.15) is 9.78 Å². The molecule has 1 amide bonds. The quantitative estimate of drug-likeness (QED) is 0.673. The van der Waals surface area contributed by atoms with Crippen LogP contribution in [0.15, 0.2) is 41.2 Å². The standard InChI is InChI=1S/C18H19N3O6/c1-2-27-18(26)17-13(19-14(22)9-6-10-16(24)25)11-15(23)21(20-17)12-7-4-3-5-8-12/h3-5,7-8,11H,2,6,9-10H2,1H3,(H,19,22)(H,24,25). The van der Waals surface area contributed by atoms with E-state index in [0.717, 1.165) is 10.7 Å². The summed E-state index contributed by atoms with van der Waals surface area (Å²) in [6, 6.07) is 9.58. The van der Waals surface area contributed by atoms with E-state index in [-0.39, 0.29) is 37.3 Å². The zero-order chi connectivity index (χ0) is 19.8. The number of anilines is 1. The first-order valence-electron chi connectivity index (χ1n) is 8.31. The largest absolute Gasteiger partial charge is 0.481 e. The number of carboxylic acid groups (broad SMARTS) is 1. The van der Waals surface area contributed by atoms with Crippen LogP contribution in [-0.4, -0.2) is 39.3 Å². The number of ether oxygens (including phenoxy) is 1. The predicted molar refractivity (Wildman–Crippen MR) is 95.9 cm³/mol. The van der Waals surface area contributed by atoms with Crippen molar-refractivity contribution >= 4 is 23.5 Å². The molecule has 0 unspecified atom stereocenters. The Morgan fingerprint density at radius 1 is 1.19 bits per heavy atom. The maximum atomic E-state index is 12.4. The molecule has 0 fully saturated rings. The molecule has 27 heavy (non-hydrogen) atoms. The number of carbonyl (C=O) groups excluding carboxylic acids is 2. The van der Waals surface area contributed by atoms with Crippen LogP contribution in [0, 0.1) is 0 Å². The van der Waals surface area contributed by atoms with E-state index in [0.29, 0.717) is 5.69 Å². The number of para-hydroxylation sites is 1. The molecule has 2 N–H and O–H groups in total. The van der Waals surface area contributed by atoms with Gasteiger partial charge in [-0.25, -0.2) is 4.79 Å². The highest BCUT2D eigenvalue weighted by molar-refractivity contribution is 5.99. The molecule has 142 valence electrons. The van der Waals surface area contributed by atoms with Crippen LogP contribution >= 0.6 is 0 Å². The number of nitrogens with zero attached hydrogens (tertiary/aromatic N) is 2. The van der Waals surface area contributed by atoms with Gasteiger partial charge in [-0.05, 0) is 25.5 Å². The van der Waals surface area contributed by atoms with Crippen molar-refractivity contribution in [3.8, 4) is 5.69 Å². The van der Waals surface area contributed by atoms with Crippen molar-refractivity contribution in [1.29, 1.82) is 0 Å². The fraction of sp³-hybridized carbons (Fsp3) is 0.278. The first-order valence-corrected chi connectivity index (χ1v) is 8.31. The van der Waals surface area contributed by atoms with Crippen LogP contribution in [-0.2, 0) is 14.3 Å². The monoisotopic (exact) mass is 373 g/mol. The molecular formula is C18H19N3O6. The van der Waals surface area contributed by atoms with E-state index in [2.05, 4.69) is 10.4 Å². The summed E-state index contributed by atoms with van der Waals surface area (Å²) < 4.78 is 5.98. The van der Waals surface area contributed by atoms with E-state index in [9.17, 15) is 19.2 Å². The van der Waals surface area contributed by atoms with Crippen molar-refractivity contribution in [2.75, 3.05) is 11.9 Å². The number of carboxylic acids is 1. The molecule has 1 aromatic carbocycles. The summed E-state index contributed by atoms with van der Waals surface area (Å²) >= 11 is 0. The fourth-order valence-electron chi connectivity index (χ4n) is 2.27. The molecule has 0 bridgehead atoms. The van der Waals surface area contributed by atoms with Gasteiger partial charge in [0.05, 0.1) is 18.0 Å². The van der Waals surface area contributed by atoms with E-state index < -0.39 is 23.4 Å². The summed E-state index contributed by atoms with van der Waals surface area (Å²) in [5.74, 6) is -2.33. The average molecular weight is 373 g/mol. The molecule has 1 aromatic heterocycles. The Bertz CT molecular complexity index is 892. The lowest BCUT2D eigenvalue weighted by Gasteiger charge is -2.12. The van der Waals surface area contributed by atoms with Gasteiger partial charge in [0.2, 0.25) is 5.91 Å². The Morgan fingerprint density at radius 3 is 2.52 bits per heavy atom. The van der Waals surface area contributed by atoms with E-state index in [1.165, 1.54) is 0 Å². The highest BCUT2D eigenvalue weighted by atomic mass is 16.5. The molecule has 0 spiro atoms. The van der Waals surface area contributed by atoms with Gasteiger partial charge >= 0.3 is 11.9 Å². The summed E-state index contributed by atoms with van der Waals surface area (Å²) in [5.41, 5.74) is -0.389. The normalized spacial score (nSPS) is 10.3. The van der Waals surface area contributed by atoms with Gasteiger partial charge in [-0.3, -0.25) is 14.4 Å². The average Bonchev–Trinajstić information content (AvgIpc) is 2.62. The molecule has 0 aliphatic rings. The second-order valence-corrected chi connectivity index (χ2v) is 5.51. The number of hydrogen-bond donors (Lipinski definition) is 2. The number of carbonyl (C=O) groups is 3. The summed E-state index contributed by atoms with van der Waals surface area (Å²) in [4.78, 5) is 47.1. The Kier molecular flexibility index (Phi) is 6.81. The van der Waals surface area contributed by atoms with Crippen LogP contribution in [0.25, 0.3) is 5.69 Å². The molecule has 0 radical (unpaired) electrons. The topological polar surface area (TPSA) is 128 Å². The van der Waals surface area contributed by atoms with Crippen LogP contribution in [0.3, 0.4) is 0 Å². The minimum absolute atomic E-state index is 0.0731. The third-order valence-corrected chi connectivity index (χ3v) is 3.47. The maximum Gasteiger partial charge on any atom is 0.360 e. The van der Waals surface area contributed by atoms with E-state index in [1.54, 1.807) is 37.3 Å². The van der Waals surface area contributed by atoms with E-state index in [1.807, 2.05) is 0 Å². The number of hydrogen-bond acceptors (Lipinski definition) is 6. The molecule has 1 heterocycles. The van der Waals surface area contributed by atoms with Gasteiger partial charge in [0.15, 0.2) is 5.69 Å². The second kappa shape index (κ2) is 9.27. The van der Waals surface area contributed by atoms with Crippen molar-refractivity contribution < 1.29 is 24.2 Å². The van der Waals surface area contributed by atoms with Crippen LogP contribution in [0.1, 0.15) is 36.7 Å². The first-order chi connectivity index (χ1) is 12.9. The summed E-state index contributed by atoms with van der Waals surface area (Å²) in [6.07, 6.45) is -0.104. The number of benzene rings is 1. The van der Waals surface area contributed by atoms with Gasteiger partial charge < -0.3 is 15.2 Å². The first kappa shape index (κ1) is 19.8. The molecular weight excluding hydrogens is 354 g/mol. The minimum Gasteiger partial charge on any atom is -0.481 e. The second-order valence-electron chi connectivity index (χ2n) is 5.51. The van der Waals surface area contributed by atoms with Gasteiger partial charge in [-0.15, -0.1) is 0 Å². The van der Waals surface area contributed by atoms with Gasteiger partial charge in [0, 0.05) is 18.9 Å². The van der Waals surface area contributed by atoms with Crippen LogP contribution in [0.4, 0.5) is 5.69 Å². The van der Waals surface area contributed by atoms with Crippen LogP contribution in [0.5, 0.6) is 0 Å². The third-order valence-electron chi connectivity index (χ3n) is 3.47. The third kappa shape index (κ3) is 5.50. The van der Waals surface area contributed by atoms with E-state index in [4.69, 9.17) is 9.84 Å². The molecule has 2 rings (SSSR count). The lowest BCUT2D eigenvalue weighted by molar-refractivity contribution is -0.137. The number of aliphatic carboxylic acids is 1. The Hall–Kier alpha value is -3.49. The van der Waals surface area contributed by atoms with Crippen molar-refractivity contribution in [2.45, 2.75) is 26.2 Å². The number of rotatable bonds is 8. The van der Waals surface area contributed by atoms with Crippen molar-refractivity contribution in [1.82, 2.24) is 9.78 Å². The van der Waals surface area contributed by atoms with Crippen LogP contribution < -0.4 is 10.9 Å². The van der Waals surface area contributed by atoms with Crippen molar-refractivity contribution in [3.05, 3.63) is 52.4 Å². The Labute approximate surface area is 154 Å². The van der Waals surface area contributed by atoms with Gasteiger partial charge in [0.1, 0.15) is 0 Å². The number of esters is 1. The maximum absolute atomic E-state index is 12.4.